The van der Waals surface area contributed by atoms with Crippen molar-refractivity contribution in [1.29, 1.82) is 0 Å². The molecule has 0 spiro atoms. The number of nitrogens with one attached hydrogen (secondary N) is 1. The van der Waals surface area contributed by atoms with Crippen LogP contribution in [0.3, 0.4) is 0 Å². The number of carbonyl (C=O) groups is 2. The van der Waals surface area contributed by atoms with Crippen LogP contribution in [0.25, 0.3) is 0 Å². The number of aliphatic imine (C=N–C) groups is 1. The number of hydrogen-bond acceptors (Lipinski definition) is 7. The van der Waals surface area contributed by atoms with Crippen LogP contribution in [0.1, 0.15) is 56.8 Å². The summed E-state index contributed by atoms with van der Waals surface area (Å²) in [5.74, 6) is -0.510. The Morgan fingerprint density at radius 1 is 1.09 bits per heavy atom. The molecular formula is C27H30N4O3S. The molecule has 1 aromatic carbocycles. The SMILES string of the molecule is CC1=C(C(=O)OC(C)(C)C)C(c2ccc(C)cc2)N2C(CC(=O)NCc3ccncc3)=CSC2=N1. The van der Waals surface area contributed by atoms with E-state index in [1.807, 2.05) is 81.3 Å². The van der Waals surface area contributed by atoms with Gasteiger partial charge in [0.1, 0.15) is 5.60 Å². The highest BCUT2D eigenvalue weighted by Gasteiger charge is 2.41. The summed E-state index contributed by atoms with van der Waals surface area (Å²) in [7, 11) is 0. The van der Waals surface area contributed by atoms with Gasteiger partial charge in [-0.2, -0.15) is 0 Å². The fraction of sp³-hybridized carbons (Fsp3) is 0.333. The number of rotatable bonds is 6. The van der Waals surface area contributed by atoms with Crippen LogP contribution in [-0.2, 0) is 20.9 Å². The molecule has 1 N–H and O–H groups in total. The quantitative estimate of drug-likeness (QED) is 0.573. The van der Waals surface area contributed by atoms with E-state index in [0.29, 0.717) is 17.8 Å². The minimum absolute atomic E-state index is 0.109. The molecule has 1 unspecified atom stereocenters. The molecule has 8 heteroatoms. The molecular weight excluding hydrogens is 460 g/mol. The molecule has 0 radical (unpaired) electrons. The highest BCUT2D eigenvalue weighted by atomic mass is 32.2. The van der Waals surface area contributed by atoms with Crippen molar-refractivity contribution >= 4 is 28.8 Å². The van der Waals surface area contributed by atoms with Crippen molar-refractivity contribution in [2.75, 3.05) is 0 Å². The molecule has 0 aliphatic carbocycles. The van der Waals surface area contributed by atoms with Crippen LogP contribution in [0, 0.1) is 6.92 Å². The fourth-order valence-electron chi connectivity index (χ4n) is 3.96. The number of aromatic nitrogens is 1. The van der Waals surface area contributed by atoms with Crippen molar-refractivity contribution in [3.63, 3.8) is 0 Å². The summed E-state index contributed by atoms with van der Waals surface area (Å²) in [5.41, 5.74) is 4.30. The van der Waals surface area contributed by atoms with Crippen molar-refractivity contribution in [2.45, 2.75) is 59.2 Å². The number of nitrogens with zero attached hydrogens (tertiary/aromatic N) is 3. The van der Waals surface area contributed by atoms with Crippen LogP contribution < -0.4 is 5.32 Å². The highest BCUT2D eigenvalue weighted by molar-refractivity contribution is 8.16. The second-order valence-corrected chi connectivity index (χ2v) is 10.5. The first kappa shape index (κ1) is 24.7. The van der Waals surface area contributed by atoms with Gasteiger partial charge in [0.15, 0.2) is 5.17 Å². The molecule has 4 rings (SSSR count). The molecule has 7 nitrogen and oxygen atoms in total. The zero-order chi connectivity index (χ0) is 25.2. The highest BCUT2D eigenvalue weighted by Crippen LogP contribution is 2.45. The smallest absolute Gasteiger partial charge is 0.338 e. The number of carbonyl (C=O) groups excluding carboxylic acids is 2. The molecule has 0 fully saturated rings. The lowest BCUT2D eigenvalue weighted by Crippen LogP contribution is -2.39. The fourth-order valence-corrected chi connectivity index (χ4v) is 4.92. The number of ether oxygens (including phenoxy) is 1. The maximum atomic E-state index is 13.4. The zero-order valence-electron chi connectivity index (χ0n) is 20.7. The van der Waals surface area contributed by atoms with E-state index in [4.69, 9.17) is 9.73 Å². The standard InChI is InChI=1S/C27H30N4O3S/c1-17-6-8-20(9-7-17)24-23(25(33)34-27(3,4)5)18(2)30-26-31(24)21(16-35-26)14-22(32)29-15-19-10-12-28-13-11-19/h6-13,16,24H,14-15H2,1-5H3,(H,29,32). The van der Waals surface area contributed by atoms with Crippen LogP contribution in [0.5, 0.6) is 0 Å². The summed E-state index contributed by atoms with van der Waals surface area (Å²) in [6.07, 6.45) is 3.57. The maximum Gasteiger partial charge on any atom is 0.338 e. The van der Waals surface area contributed by atoms with E-state index in [9.17, 15) is 9.59 Å². The molecule has 2 aliphatic heterocycles. The van der Waals surface area contributed by atoms with E-state index < -0.39 is 17.6 Å². The minimum Gasteiger partial charge on any atom is -0.456 e. The summed E-state index contributed by atoms with van der Waals surface area (Å²) >= 11 is 1.46. The lowest BCUT2D eigenvalue weighted by Gasteiger charge is -2.37. The van der Waals surface area contributed by atoms with Gasteiger partial charge in [-0.25, -0.2) is 9.79 Å². The average molecular weight is 491 g/mol. The molecule has 1 aromatic heterocycles. The third kappa shape index (κ3) is 5.82. The number of fused-ring (bicyclic) bond motifs is 1. The van der Waals surface area contributed by atoms with Crippen LogP contribution in [0.4, 0.5) is 0 Å². The maximum absolute atomic E-state index is 13.4. The van der Waals surface area contributed by atoms with E-state index in [0.717, 1.165) is 27.6 Å². The van der Waals surface area contributed by atoms with Gasteiger partial charge < -0.3 is 15.0 Å². The molecule has 182 valence electrons. The van der Waals surface area contributed by atoms with Crippen molar-refractivity contribution in [3.8, 4) is 0 Å². The number of aryl methyl sites for hydroxylation is 1. The summed E-state index contributed by atoms with van der Waals surface area (Å²) < 4.78 is 5.77. The van der Waals surface area contributed by atoms with E-state index >= 15 is 0 Å². The Bertz CT molecular complexity index is 1210. The van der Waals surface area contributed by atoms with E-state index in [2.05, 4.69) is 10.3 Å². The lowest BCUT2D eigenvalue weighted by molar-refractivity contribution is -0.150. The predicted molar refractivity (Wildman–Crippen MR) is 138 cm³/mol. The third-order valence-electron chi connectivity index (χ3n) is 5.59. The number of amidine groups is 1. The van der Waals surface area contributed by atoms with Crippen molar-refractivity contribution in [2.24, 2.45) is 4.99 Å². The summed E-state index contributed by atoms with van der Waals surface area (Å²) in [4.78, 5) is 36.9. The molecule has 3 heterocycles. The molecule has 35 heavy (non-hydrogen) atoms. The Morgan fingerprint density at radius 2 is 1.77 bits per heavy atom. The summed E-state index contributed by atoms with van der Waals surface area (Å²) in [6, 6.07) is 11.4. The molecule has 0 saturated heterocycles. The molecule has 2 aromatic rings. The summed E-state index contributed by atoms with van der Waals surface area (Å²) in [6.45, 7) is 9.84. The minimum atomic E-state index is -0.641. The number of esters is 1. The van der Waals surface area contributed by atoms with Gasteiger partial charge in [-0.3, -0.25) is 9.78 Å². The first-order valence-corrected chi connectivity index (χ1v) is 12.4. The Kier molecular flexibility index (Phi) is 7.12. The van der Waals surface area contributed by atoms with Crippen LogP contribution in [0.2, 0.25) is 0 Å². The topological polar surface area (TPSA) is 83.9 Å². The van der Waals surface area contributed by atoms with Gasteiger partial charge in [0, 0.05) is 24.6 Å². The number of allylic oxidation sites excluding steroid dienone is 1. The van der Waals surface area contributed by atoms with Gasteiger partial charge in [0.2, 0.25) is 5.91 Å². The van der Waals surface area contributed by atoms with Crippen molar-refractivity contribution in [1.82, 2.24) is 15.2 Å². The second-order valence-electron chi connectivity index (χ2n) is 9.61. The Morgan fingerprint density at radius 3 is 2.43 bits per heavy atom. The number of thioether (sulfide) groups is 1. The van der Waals surface area contributed by atoms with Gasteiger partial charge in [-0.05, 0) is 63.3 Å². The Balaban J connectivity index is 1.62. The first-order chi connectivity index (χ1) is 16.6. The van der Waals surface area contributed by atoms with E-state index in [1.54, 1.807) is 12.4 Å². The first-order valence-electron chi connectivity index (χ1n) is 11.5. The normalized spacial score (nSPS) is 17.5. The molecule has 2 aliphatic rings. The second kappa shape index (κ2) is 10.1. The molecule has 0 saturated carbocycles. The lowest BCUT2D eigenvalue weighted by atomic mass is 9.93. The van der Waals surface area contributed by atoms with Crippen LogP contribution in [-0.4, -0.2) is 32.5 Å². The monoisotopic (exact) mass is 490 g/mol. The van der Waals surface area contributed by atoms with Crippen molar-refractivity contribution < 1.29 is 14.3 Å². The van der Waals surface area contributed by atoms with E-state index in [1.165, 1.54) is 11.8 Å². The Hall–Kier alpha value is -3.39. The van der Waals surface area contributed by atoms with Gasteiger partial charge in [0.25, 0.3) is 0 Å². The van der Waals surface area contributed by atoms with Crippen LogP contribution >= 0.6 is 11.8 Å². The number of benzene rings is 1. The number of amides is 1. The van der Waals surface area contributed by atoms with Gasteiger partial charge in [-0.1, -0.05) is 41.6 Å². The zero-order valence-corrected chi connectivity index (χ0v) is 21.5. The number of hydrogen-bond donors (Lipinski definition) is 1. The molecule has 0 bridgehead atoms. The average Bonchev–Trinajstić information content (AvgIpc) is 3.18. The largest absolute Gasteiger partial charge is 0.456 e. The third-order valence-corrected chi connectivity index (χ3v) is 6.48. The summed E-state index contributed by atoms with van der Waals surface area (Å²) in [5, 5.41) is 5.66. The Labute approximate surface area is 210 Å². The van der Waals surface area contributed by atoms with Crippen molar-refractivity contribution in [3.05, 3.63) is 87.9 Å². The van der Waals surface area contributed by atoms with Gasteiger partial charge in [0.05, 0.1) is 23.7 Å². The van der Waals surface area contributed by atoms with Gasteiger partial charge in [-0.15, -0.1) is 0 Å². The van der Waals surface area contributed by atoms with E-state index in [-0.39, 0.29) is 12.3 Å². The van der Waals surface area contributed by atoms with Gasteiger partial charge >= 0.3 is 5.97 Å². The molecule has 1 amide bonds. The van der Waals surface area contributed by atoms with Crippen LogP contribution in [0.15, 0.2) is 76.2 Å². The molecule has 1 atom stereocenters. The predicted octanol–water partition coefficient (Wildman–Crippen LogP) is 5.01. The number of pyridine rings is 1.